The Labute approximate surface area is 142 Å². The standard InChI is InChI=1S/C16H29N3O5/c1-5-8-12(14(21)22)19-13(20)11(17)9-6-7-10-18-15(23)24-16(2,3)4/h5,11-12H,1,6-10,17H2,2-4H3,(H,18,23)(H,19,20)(H,21,22)/t11-,12-/m1/s1. The van der Waals surface area contributed by atoms with Crippen LogP contribution >= 0.6 is 0 Å². The van der Waals surface area contributed by atoms with E-state index in [1.54, 1.807) is 20.8 Å². The molecule has 24 heavy (non-hydrogen) atoms. The zero-order valence-corrected chi connectivity index (χ0v) is 14.6. The molecule has 0 aliphatic carbocycles. The Kier molecular flexibility index (Phi) is 9.71. The number of amides is 2. The van der Waals surface area contributed by atoms with Crippen LogP contribution in [0.3, 0.4) is 0 Å². The van der Waals surface area contributed by atoms with Gasteiger partial charge in [0, 0.05) is 6.54 Å². The molecule has 2 amide bonds. The predicted molar refractivity (Wildman–Crippen MR) is 90.4 cm³/mol. The highest BCUT2D eigenvalue weighted by Crippen LogP contribution is 2.06. The van der Waals surface area contributed by atoms with Crippen LogP contribution in [0.25, 0.3) is 0 Å². The summed E-state index contributed by atoms with van der Waals surface area (Å²) in [4.78, 5) is 34.2. The number of unbranched alkanes of at least 4 members (excludes halogenated alkanes) is 1. The summed E-state index contributed by atoms with van der Waals surface area (Å²) in [6.45, 7) is 9.20. The molecule has 0 aromatic rings. The van der Waals surface area contributed by atoms with E-state index in [-0.39, 0.29) is 6.42 Å². The molecule has 0 unspecified atom stereocenters. The minimum atomic E-state index is -1.13. The Bertz CT molecular complexity index is 445. The minimum Gasteiger partial charge on any atom is -0.480 e. The van der Waals surface area contributed by atoms with Crippen molar-refractivity contribution in [2.75, 3.05) is 6.54 Å². The molecule has 0 rings (SSSR count). The van der Waals surface area contributed by atoms with Crippen molar-refractivity contribution in [2.45, 2.75) is 64.1 Å². The third-order valence-corrected chi connectivity index (χ3v) is 2.96. The van der Waals surface area contributed by atoms with Crippen LogP contribution in [0.5, 0.6) is 0 Å². The van der Waals surface area contributed by atoms with Gasteiger partial charge in [0.1, 0.15) is 11.6 Å². The molecule has 0 saturated heterocycles. The fourth-order valence-corrected chi connectivity index (χ4v) is 1.79. The van der Waals surface area contributed by atoms with Gasteiger partial charge < -0.3 is 26.2 Å². The van der Waals surface area contributed by atoms with Crippen molar-refractivity contribution in [3.63, 3.8) is 0 Å². The highest BCUT2D eigenvalue weighted by Gasteiger charge is 2.22. The lowest BCUT2D eigenvalue weighted by Crippen LogP contribution is -2.48. The van der Waals surface area contributed by atoms with Crippen LogP contribution in [0.15, 0.2) is 12.7 Å². The van der Waals surface area contributed by atoms with Crippen LogP contribution in [0, 0.1) is 0 Å². The normalized spacial score (nSPS) is 13.5. The molecule has 0 aliphatic rings. The number of aliphatic carboxylic acids is 1. The minimum absolute atomic E-state index is 0.133. The molecule has 0 radical (unpaired) electrons. The number of carboxylic acid groups (broad SMARTS) is 1. The van der Waals surface area contributed by atoms with Crippen molar-refractivity contribution in [1.82, 2.24) is 10.6 Å². The molecule has 138 valence electrons. The lowest BCUT2D eigenvalue weighted by atomic mass is 10.1. The summed E-state index contributed by atoms with van der Waals surface area (Å²) < 4.78 is 5.09. The monoisotopic (exact) mass is 343 g/mol. The molecular weight excluding hydrogens is 314 g/mol. The maximum Gasteiger partial charge on any atom is 0.407 e. The van der Waals surface area contributed by atoms with Crippen molar-refractivity contribution in [3.8, 4) is 0 Å². The van der Waals surface area contributed by atoms with E-state index < -0.39 is 35.7 Å². The van der Waals surface area contributed by atoms with Gasteiger partial charge in [-0.3, -0.25) is 4.79 Å². The lowest BCUT2D eigenvalue weighted by Gasteiger charge is -2.19. The maximum atomic E-state index is 11.8. The Morgan fingerprint density at radius 1 is 1.29 bits per heavy atom. The number of hydrogen-bond acceptors (Lipinski definition) is 5. The topological polar surface area (TPSA) is 131 Å². The summed E-state index contributed by atoms with van der Waals surface area (Å²) in [5.74, 6) is -1.64. The number of nitrogens with one attached hydrogen (secondary N) is 2. The Morgan fingerprint density at radius 3 is 2.42 bits per heavy atom. The third kappa shape index (κ3) is 10.6. The quantitative estimate of drug-likeness (QED) is 0.348. The van der Waals surface area contributed by atoms with Crippen LogP contribution in [0.4, 0.5) is 4.79 Å². The lowest BCUT2D eigenvalue weighted by molar-refractivity contribution is -0.141. The van der Waals surface area contributed by atoms with Crippen LogP contribution < -0.4 is 16.4 Å². The largest absolute Gasteiger partial charge is 0.480 e. The first kappa shape index (κ1) is 21.9. The van der Waals surface area contributed by atoms with E-state index in [4.69, 9.17) is 15.6 Å². The number of nitrogens with two attached hydrogens (primary N) is 1. The van der Waals surface area contributed by atoms with Crippen molar-refractivity contribution in [2.24, 2.45) is 5.73 Å². The average Bonchev–Trinajstić information content (AvgIpc) is 2.43. The van der Waals surface area contributed by atoms with E-state index in [0.717, 1.165) is 0 Å². The molecule has 0 fully saturated rings. The zero-order valence-electron chi connectivity index (χ0n) is 14.6. The molecular formula is C16H29N3O5. The van der Waals surface area contributed by atoms with Gasteiger partial charge in [-0.05, 0) is 46.5 Å². The van der Waals surface area contributed by atoms with Crippen LogP contribution in [0.2, 0.25) is 0 Å². The molecule has 0 aromatic carbocycles. The van der Waals surface area contributed by atoms with E-state index in [1.165, 1.54) is 6.08 Å². The van der Waals surface area contributed by atoms with Gasteiger partial charge in [-0.25, -0.2) is 9.59 Å². The van der Waals surface area contributed by atoms with E-state index >= 15 is 0 Å². The second-order valence-electron chi connectivity index (χ2n) is 6.45. The summed E-state index contributed by atoms with van der Waals surface area (Å²) in [7, 11) is 0. The maximum absolute atomic E-state index is 11.8. The number of alkyl carbamates (subject to hydrolysis) is 1. The Morgan fingerprint density at radius 2 is 1.92 bits per heavy atom. The van der Waals surface area contributed by atoms with Gasteiger partial charge in [0.15, 0.2) is 0 Å². The number of carbonyl (C=O) groups excluding carboxylic acids is 2. The zero-order chi connectivity index (χ0) is 18.8. The predicted octanol–water partition coefficient (Wildman–Crippen LogP) is 1.15. The Balaban J connectivity index is 3.98. The number of carbonyl (C=O) groups is 3. The van der Waals surface area contributed by atoms with E-state index in [0.29, 0.717) is 25.8 Å². The molecule has 8 nitrogen and oxygen atoms in total. The SMILES string of the molecule is C=CC[C@@H](NC(=O)[C@H](N)CCCCNC(=O)OC(C)(C)C)C(=O)O. The van der Waals surface area contributed by atoms with Crippen molar-refractivity contribution in [1.29, 1.82) is 0 Å². The van der Waals surface area contributed by atoms with Crippen molar-refractivity contribution < 1.29 is 24.2 Å². The highest BCUT2D eigenvalue weighted by atomic mass is 16.6. The van der Waals surface area contributed by atoms with Gasteiger partial charge in [0.2, 0.25) is 5.91 Å². The van der Waals surface area contributed by atoms with Gasteiger partial charge in [-0.2, -0.15) is 0 Å². The van der Waals surface area contributed by atoms with Gasteiger partial charge in [-0.15, -0.1) is 6.58 Å². The summed E-state index contributed by atoms with van der Waals surface area (Å²) in [6.07, 6.45) is 2.71. The molecule has 8 heteroatoms. The number of carboxylic acids is 1. The van der Waals surface area contributed by atoms with Gasteiger partial charge in [0.25, 0.3) is 0 Å². The van der Waals surface area contributed by atoms with E-state index in [9.17, 15) is 14.4 Å². The van der Waals surface area contributed by atoms with Gasteiger partial charge >= 0.3 is 12.1 Å². The summed E-state index contributed by atoms with van der Waals surface area (Å²) in [5.41, 5.74) is 5.20. The molecule has 0 aliphatic heterocycles. The smallest absolute Gasteiger partial charge is 0.407 e. The third-order valence-electron chi connectivity index (χ3n) is 2.96. The van der Waals surface area contributed by atoms with Gasteiger partial charge in [0.05, 0.1) is 6.04 Å². The van der Waals surface area contributed by atoms with E-state index in [2.05, 4.69) is 17.2 Å². The average molecular weight is 343 g/mol. The first-order valence-corrected chi connectivity index (χ1v) is 7.93. The molecule has 0 heterocycles. The second-order valence-corrected chi connectivity index (χ2v) is 6.45. The molecule has 0 aromatic heterocycles. The molecule has 0 bridgehead atoms. The summed E-state index contributed by atoms with van der Waals surface area (Å²) in [5, 5.41) is 14.0. The van der Waals surface area contributed by atoms with Crippen LogP contribution in [0.1, 0.15) is 46.5 Å². The van der Waals surface area contributed by atoms with Crippen molar-refractivity contribution >= 4 is 18.0 Å². The summed E-state index contributed by atoms with van der Waals surface area (Å²) >= 11 is 0. The second kappa shape index (κ2) is 10.6. The fraction of sp³-hybridized carbons (Fsp3) is 0.688. The number of rotatable bonds is 10. The first-order chi connectivity index (χ1) is 11.1. The fourth-order valence-electron chi connectivity index (χ4n) is 1.79. The highest BCUT2D eigenvalue weighted by molar-refractivity contribution is 5.86. The van der Waals surface area contributed by atoms with E-state index in [1.807, 2.05) is 0 Å². The Hall–Kier alpha value is -2.09. The van der Waals surface area contributed by atoms with Crippen LogP contribution in [-0.4, -0.2) is 47.3 Å². The first-order valence-electron chi connectivity index (χ1n) is 7.93. The number of ether oxygens (including phenoxy) is 1. The summed E-state index contributed by atoms with van der Waals surface area (Å²) in [6, 6.07) is -1.81. The number of hydrogen-bond donors (Lipinski definition) is 4. The molecule has 0 saturated carbocycles. The van der Waals surface area contributed by atoms with Gasteiger partial charge in [-0.1, -0.05) is 6.08 Å². The van der Waals surface area contributed by atoms with Crippen molar-refractivity contribution in [3.05, 3.63) is 12.7 Å². The molecule has 0 spiro atoms. The van der Waals surface area contributed by atoms with Crippen LogP contribution in [-0.2, 0) is 14.3 Å². The molecule has 2 atom stereocenters. The molecule has 5 N–H and O–H groups in total.